The molecule has 0 aliphatic heterocycles. The molecule has 0 aliphatic carbocycles. The molecule has 2 aromatic heterocycles. The number of pyridine rings is 1. The highest BCUT2D eigenvalue weighted by Crippen LogP contribution is 2.31. The molecule has 5 nitrogen and oxygen atoms in total. The molecule has 2 aromatic carbocycles. The van der Waals surface area contributed by atoms with Crippen molar-refractivity contribution < 1.29 is 22.7 Å². The van der Waals surface area contributed by atoms with Gasteiger partial charge in [0.15, 0.2) is 17.5 Å². The monoisotopic (exact) mass is 411 g/mol. The van der Waals surface area contributed by atoms with Crippen LogP contribution in [0.1, 0.15) is 15.9 Å². The summed E-state index contributed by atoms with van der Waals surface area (Å²) < 4.78 is 47.7. The van der Waals surface area contributed by atoms with E-state index in [-0.39, 0.29) is 5.69 Å². The number of amides is 1. The van der Waals surface area contributed by atoms with Crippen LogP contribution >= 0.6 is 0 Å². The van der Waals surface area contributed by atoms with Gasteiger partial charge in [-0.2, -0.15) is 0 Å². The number of ether oxygens (including phenoxy) is 1. The lowest BCUT2D eigenvalue weighted by atomic mass is 10.1. The summed E-state index contributed by atoms with van der Waals surface area (Å²) in [6, 6.07) is 10.5. The van der Waals surface area contributed by atoms with E-state index in [1.165, 1.54) is 7.11 Å². The third-order valence-corrected chi connectivity index (χ3v) is 4.64. The Hall–Kier alpha value is -3.81. The summed E-state index contributed by atoms with van der Waals surface area (Å²) >= 11 is 0. The summed E-state index contributed by atoms with van der Waals surface area (Å²) in [6.45, 7) is 1.97. The van der Waals surface area contributed by atoms with E-state index in [9.17, 15) is 18.0 Å². The lowest BCUT2D eigenvalue weighted by molar-refractivity contribution is 0.102. The normalized spacial score (nSPS) is 11.0. The van der Waals surface area contributed by atoms with E-state index in [0.717, 1.165) is 17.3 Å². The SMILES string of the molecule is COc1ccc(-c2cn3ccc(C)cc3n2)cc1NC(=O)c1ccc(F)c(F)c1F. The molecule has 0 fully saturated rings. The lowest BCUT2D eigenvalue weighted by Gasteiger charge is -2.12. The highest BCUT2D eigenvalue weighted by atomic mass is 19.2. The van der Waals surface area contributed by atoms with Gasteiger partial charge in [0.2, 0.25) is 0 Å². The Kier molecular flexibility index (Phi) is 4.91. The van der Waals surface area contributed by atoms with Crippen molar-refractivity contribution >= 4 is 17.2 Å². The molecule has 4 aromatic rings. The minimum Gasteiger partial charge on any atom is -0.495 e. The molecule has 0 saturated heterocycles. The van der Waals surface area contributed by atoms with Gasteiger partial charge in [0.1, 0.15) is 11.4 Å². The first-order valence-corrected chi connectivity index (χ1v) is 8.96. The standard InChI is InChI=1S/C22H16F3N3O2/c1-12-7-8-28-11-17(26-19(28)9-12)13-3-6-18(30-2)16(10-13)27-22(29)14-4-5-15(23)21(25)20(14)24/h3-11H,1-2H3,(H,27,29). The predicted octanol–water partition coefficient (Wildman–Crippen LogP) is 4.99. The van der Waals surface area contributed by atoms with Crippen LogP contribution in [0.15, 0.2) is 54.9 Å². The smallest absolute Gasteiger partial charge is 0.258 e. The number of imidazole rings is 1. The number of aromatic nitrogens is 2. The van der Waals surface area contributed by atoms with Gasteiger partial charge >= 0.3 is 0 Å². The first-order valence-electron chi connectivity index (χ1n) is 8.96. The number of rotatable bonds is 4. The maximum atomic E-state index is 14.0. The van der Waals surface area contributed by atoms with Gasteiger partial charge in [0.05, 0.1) is 24.1 Å². The van der Waals surface area contributed by atoms with Crippen molar-refractivity contribution in [3.8, 4) is 17.0 Å². The summed E-state index contributed by atoms with van der Waals surface area (Å²) in [6.07, 6.45) is 3.72. The fourth-order valence-electron chi connectivity index (χ4n) is 3.08. The van der Waals surface area contributed by atoms with Crippen molar-refractivity contribution in [3.63, 3.8) is 0 Å². The first-order chi connectivity index (χ1) is 14.4. The van der Waals surface area contributed by atoms with E-state index in [4.69, 9.17) is 4.74 Å². The Morgan fingerprint density at radius 2 is 1.87 bits per heavy atom. The van der Waals surface area contributed by atoms with E-state index in [2.05, 4.69) is 10.3 Å². The lowest BCUT2D eigenvalue weighted by Crippen LogP contribution is -2.15. The van der Waals surface area contributed by atoms with E-state index >= 15 is 0 Å². The number of hydrogen-bond acceptors (Lipinski definition) is 3. The van der Waals surface area contributed by atoms with Gasteiger partial charge in [0, 0.05) is 18.0 Å². The van der Waals surface area contributed by atoms with Gasteiger partial charge in [-0.15, -0.1) is 0 Å². The Morgan fingerprint density at radius 1 is 1.07 bits per heavy atom. The molecular weight excluding hydrogens is 395 g/mol. The molecule has 2 heterocycles. The Bertz CT molecular complexity index is 1280. The second kappa shape index (κ2) is 7.55. The topological polar surface area (TPSA) is 55.6 Å². The zero-order chi connectivity index (χ0) is 21.4. The van der Waals surface area contributed by atoms with Gasteiger partial charge in [0.25, 0.3) is 5.91 Å². The van der Waals surface area contributed by atoms with Crippen LogP contribution in [0.2, 0.25) is 0 Å². The number of benzene rings is 2. The fourth-order valence-corrected chi connectivity index (χ4v) is 3.08. The molecule has 0 aliphatic rings. The number of anilines is 1. The van der Waals surface area contributed by atoms with Crippen LogP contribution in [0.3, 0.4) is 0 Å². The molecule has 0 unspecified atom stereocenters. The Balaban J connectivity index is 1.71. The number of carbonyl (C=O) groups excluding carboxylic acids is 1. The molecule has 0 spiro atoms. The first kappa shape index (κ1) is 19.5. The van der Waals surface area contributed by atoms with Crippen molar-refractivity contribution in [1.82, 2.24) is 9.38 Å². The number of nitrogens with one attached hydrogen (secondary N) is 1. The fraction of sp³-hybridized carbons (Fsp3) is 0.0909. The van der Waals surface area contributed by atoms with Crippen molar-refractivity contribution in [3.05, 3.63) is 83.4 Å². The number of nitrogens with zero attached hydrogens (tertiary/aromatic N) is 2. The van der Waals surface area contributed by atoms with E-state index in [0.29, 0.717) is 23.1 Å². The van der Waals surface area contributed by atoms with Gasteiger partial charge in [-0.05, 0) is 55.0 Å². The Morgan fingerprint density at radius 3 is 2.63 bits per heavy atom. The van der Waals surface area contributed by atoms with Gasteiger partial charge < -0.3 is 14.5 Å². The maximum absolute atomic E-state index is 14.0. The minimum atomic E-state index is -1.71. The number of methoxy groups -OCH3 is 1. The number of aryl methyl sites for hydroxylation is 1. The van der Waals surface area contributed by atoms with Crippen LogP contribution in [0.25, 0.3) is 16.9 Å². The highest BCUT2D eigenvalue weighted by Gasteiger charge is 2.20. The van der Waals surface area contributed by atoms with Crippen molar-refractivity contribution in [2.75, 3.05) is 12.4 Å². The zero-order valence-electron chi connectivity index (χ0n) is 16.0. The van der Waals surface area contributed by atoms with Crippen molar-refractivity contribution in [1.29, 1.82) is 0 Å². The van der Waals surface area contributed by atoms with Crippen LogP contribution in [0.5, 0.6) is 5.75 Å². The van der Waals surface area contributed by atoms with Gasteiger partial charge in [-0.3, -0.25) is 4.79 Å². The second-order valence-electron chi connectivity index (χ2n) is 6.69. The van der Waals surface area contributed by atoms with Crippen molar-refractivity contribution in [2.45, 2.75) is 6.92 Å². The summed E-state index contributed by atoms with van der Waals surface area (Å²) in [7, 11) is 1.41. The van der Waals surface area contributed by atoms with Crippen LogP contribution in [-0.2, 0) is 0 Å². The van der Waals surface area contributed by atoms with Gasteiger partial charge in [-0.1, -0.05) is 0 Å². The third kappa shape index (κ3) is 3.47. The molecule has 152 valence electrons. The Labute approximate surface area is 169 Å². The summed E-state index contributed by atoms with van der Waals surface area (Å²) in [5.74, 6) is -5.26. The molecule has 8 heteroatoms. The number of halogens is 3. The highest BCUT2D eigenvalue weighted by molar-refractivity contribution is 6.05. The minimum absolute atomic E-state index is 0.234. The quantitative estimate of drug-likeness (QED) is 0.482. The molecule has 30 heavy (non-hydrogen) atoms. The summed E-state index contributed by atoms with van der Waals surface area (Å²) in [4.78, 5) is 17.0. The van der Waals surface area contributed by atoms with Crippen LogP contribution < -0.4 is 10.1 Å². The van der Waals surface area contributed by atoms with E-state index in [1.54, 1.807) is 18.2 Å². The number of hydrogen-bond donors (Lipinski definition) is 1. The summed E-state index contributed by atoms with van der Waals surface area (Å²) in [5, 5.41) is 2.49. The maximum Gasteiger partial charge on any atom is 0.258 e. The molecule has 0 atom stereocenters. The van der Waals surface area contributed by atoms with Crippen molar-refractivity contribution in [2.24, 2.45) is 0 Å². The molecule has 1 amide bonds. The molecule has 0 saturated carbocycles. The van der Waals surface area contributed by atoms with Gasteiger partial charge in [-0.25, -0.2) is 18.2 Å². The molecule has 4 rings (SSSR count). The van der Waals surface area contributed by atoms with E-state index < -0.39 is 28.9 Å². The average molecular weight is 411 g/mol. The largest absolute Gasteiger partial charge is 0.495 e. The van der Waals surface area contributed by atoms with Crippen LogP contribution in [-0.4, -0.2) is 22.4 Å². The predicted molar refractivity (Wildman–Crippen MR) is 106 cm³/mol. The second-order valence-corrected chi connectivity index (χ2v) is 6.69. The number of carbonyl (C=O) groups is 1. The van der Waals surface area contributed by atoms with Crippen LogP contribution in [0, 0.1) is 24.4 Å². The summed E-state index contributed by atoms with van der Waals surface area (Å²) in [5.41, 5.74) is 2.77. The molecular formula is C22H16F3N3O2. The zero-order valence-corrected chi connectivity index (χ0v) is 16.0. The third-order valence-electron chi connectivity index (χ3n) is 4.64. The number of fused-ring (bicyclic) bond motifs is 1. The molecule has 0 radical (unpaired) electrons. The molecule has 0 bridgehead atoms. The average Bonchev–Trinajstić information content (AvgIpc) is 3.15. The molecule has 1 N–H and O–H groups in total. The van der Waals surface area contributed by atoms with Crippen LogP contribution in [0.4, 0.5) is 18.9 Å². The van der Waals surface area contributed by atoms with E-state index in [1.807, 2.05) is 35.9 Å².